The monoisotopic (exact) mass is 358 g/mol. The van der Waals surface area contributed by atoms with E-state index in [2.05, 4.69) is 25.6 Å². The highest BCUT2D eigenvalue weighted by Crippen LogP contribution is 2.35. The molecule has 0 saturated heterocycles. The van der Waals surface area contributed by atoms with E-state index in [-0.39, 0.29) is 11.9 Å². The van der Waals surface area contributed by atoms with E-state index in [0.717, 1.165) is 6.20 Å². The third-order valence-electron chi connectivity index (χ3n) is 3.31. The van der Waals surface area contributed by atoms with Crippen molar-refractivity contribution in [3.63, 3.8) is 0 Å². The van der Waals surface area contributed by atoms with Gasteiger partial charge in [-0.15, -0.1) is 10.2 Å². The van der Waals surface area contributed by atoms with Gasteiger partial charge in [-0.3, -0.25) is 8.97 Å². The normalized spacial score (nSPS) is 13.6. The second kappa shape index (κ2) is 5.99. The van der Waals surface area contributed by atoms with Crippen LogP contribution >= 0.6 is 19.2 Å². The number of aromatic nitrogens is 6. The topological polar surface area (TPSA) is 139 Å². The molecule has 3 aromatic heterocycles. The zero-order valence-electron chi connectivity index (χ0n) is 11.8. The number of ether oxygens (including phenoxy) is 1. The lowest BCUT2D eigenvalue weighted by atomic mass is 10.1. The highest BCUT2D eigenvalue weighted by Gasteiger charge is 2.27. The van der Waals surface area contributed by atoms with Gasteiger partial charge in [0, 0.05) is 19.2 Å². The molecular formula is C11H12ClN6O4P. The first-order valence-corrected chi connectivity index (χ1v) is 8.38. The van der Waals surface area contributed by atoms with Crippen molar-refractivity contribution < 1.29 is 19.1 Å². The summed E-state index contributed by atoms with van der Waals surface area (Å²) in [5.74, 6) is 0.304. The van der Waals surface area contributed by atoms with Crippen molar-refractivity contribution in [2.24, 2.45) is 0 Å². The Labute approximate surface area is 134 Å². The van der Waals surface area contributed by atoms with E-state index in [0.29, 0.717) is 22.2 Å². The first-order chi connectivity index (χ1) is 10.9. The van der Waals surface area contributed by atoms with E-state index in [4.69, 9.17) is 16.3 Å². The fraction of sp³-hybridized carbons (Fsp3) is 0.273. The smallest absolute Gasteiger partial charge is 0.373 e. The molecule has 1 atom stereocenters. The summed E-state index contributed by atoms with van der Waals surface area (Å²) in [6.45, 7) is 0. The number of aromatic amines is 1. The summed E-state index contributed by atoms with van der Waals surface area (Å²) < 4.78 is 18.3. The number of H-pyrrole nitrogens is 1. The molecule has 3 heterocycles. The molecule has 0 amide bonds. The third-order valence-corrected chi connectivity index (χ3v) is 4.56. The molecule has 0 aromatic carbocycles. The molecule has 0 spiro atoms. The van der Waals surface area contributed by atoms with Crippen LogP contribution in [0, 0.1) is 0 Å². The fourth-order valence-corrected chi connectivity index (χ4v) is 3.17. The van der Waals surface area contributed by atoms with Crippen molar-refractivity contribution in [2.45, 2.75) is 12.5 Å². The van der Waals surface area contributed by atoms with Crippen molar-refractivity contribution in [3.05, 3.63) is 34.9 Å². The van der Waals surface area contributed by atoms with Crippen molar-refractivity contribution in [1.82, 2.24) is 30.0 Å². The van der Waals surface area contributed by atoms with Crippen LogP contribution in [-0.4, -0.2) is 46.9 Å². The molecule has 3 aromatic rings. The van der Waals surface area contributed by atoms with Crippen LogP contribution in [-0.2, 0) is 15.7 Å². The third kappa shape index (κ3) is 2.99. The van der Waals surface area contributed by atoms with Gasteiger partial charge in [0.15, 0.2) is 5.44 Å². The molecule has 0 aliphatic heterocycles. The lowest BCUT2D eigenvalue weighted by Crippen LogP contribution is -2.18. The maximum Gasteiger partial charge on any atom is 0.374 e. The Bertz CT molecular complexity index is 876. The van der Waals surface area contributed by atoms with E-state index >= 15 is 0 Å². The van der Waals surface area contributed by atoms with Crippen LogP contribution < -0.4 is 5.44 Å². The highest BCUT2D eigenvalue weighted by molar-refractivity contribution is 7.60. The quantitative estimate of drug-likeness (QED) is 0.551. The number of tetrazole rings is 1. The lowest BCUT2D eigenvalue weighted by Gasteiger charge is -2.16. The van der Waals surface area contributed by atoms with Gasteiger partial charge in [0.1, 0.15) is 11.8 Å². The Morgan fingerprint density at radius 3 is 2.87 bits per heavy atom. The van der Waals surface area contributed by atoms with Gasteiger partial charge in [-0.2, -0.15) is 5.21 Å². The van der Waals surface area contributed by atoms with Gasteiger partial charge in [0.05, 0.1) is 11.2 Å². The minimum Gasteiger partial charge on any atom is -0.373 e. The summed E-state index contributed by atoms with van der Waals surface area (Å²) in [7, 11) is -3.06. The molecule has 10 nitrogen and oxygen atoms in total. The largest absolute Gasteiger partial charge is 0.374 e. The Balaban J connectivity index is 2.14. The van der Waals surface area contributed by atoms with E-state index in [1.165, 1.54) is 11.5 Å². The van der Waals surface area contributed by atoms with E-state index < -0.39 is 13.7 Å². The van der Waals surface area contributed by atoms with E-state index in [9.17, 15) is 14.4 Å². The Morgan fingerprint density at radius 2 is 2.26 bits per heavy atom. The first kappa shape index (κ1) is 16.0. The molecule has 0 aliphatic carbocycles. The van der Waals surface area contributed by atoms with Gasteiger partial charge in [-0.1, -0.05) is 16.8 Å². The Morgan fingerprint density at radius 1 is 1.48 bits per heavy atom. The number of nitrogens with one attached hydrogen (secondary N) is 1. The number of halogens is 1. The number of pyridine rings is 1. The van der Waals surface area contributed by atoms with Crippen molar-refractivity contribution in [3.8, 4) is 0 Å². The molecule has 0 bridgehead atoms. The van der Waals surface area contributed by atoms with Gasteiger partial charge in [-0.05, 0) is 12.1 Å². The van der Waals surface area contributed by atoms with Crippen LogP contribution in [0.4, 0.5) is 0 Å². The maximum atomic E-state index is 11.7. The molecule has 23 heavy (non-hydrogen) atoms. The predicted octanol–water partition coefficient (Wildman–Crippen LogP) is 0.234. The molecule has 122 valence electrons. The van der Waals surface area contributed by atoms with Gasteiger partial charge >= 0.3 is 7.60 Å². The number of fused-ring (bicyclic) bond motifs is 1. The lowest BCUT2D eigenvalue weighted by molar-refractivity contribution is 0.0951. The fourth-order valence-electron chi connectivity index (χ4n) is 2.26. The maximum absolute atomic E-state index is 11.7. The summed E-state index contributed by atoms with van der Waals surface area (Å²) in [5, 5.41) is 13.8. The average Bonchev–Trinajstić information content (AvgIpc) is 3.14. The van der Waals surface area contributed by atoms with E-state index in [1.54, 1.807) is 12.1 Å². The minimum absolute atomic E-state index is 0.176. The van der Waals surface area contributed by atoms with Crippen molar-refractivity contribution in [1.29, 1.82) is 0 Å². The summed E-state index contributed by atoms with van der Waals surface area (Å²) in [4.78, 5) is 23.0. The molecule has 0 radical (unpaired) electrons. The van der Waals surface area contributed by atoms with Crippen LogP contribution in [0.2, 0.25) is 5.02 Å². The molecule has 0 saturated carbocycles. The summed E-state index contributed by atoms with van der Waals surface area (Å²) in [5.41, 5.74) is 0.551. The molecule has 12 heteroatoms. The summed E-state index contributed by atoms with van der Waals surface area (Å²) in [6.07, 6.45) is 0.714. The van der Waals surface area contributed by atoms with Crippen molar-refractivity contribution >= 4 is 30.3 Å². The first-order valence-electron chi connectivity index (χ1n) is 6.39. The zero-order valence-corrected chi connectivity index (χ0v) is 13.4. The standard InChI is InChI=1S/C11H12ClN6O4P/c1-22-8(11-14-16-17-15-11)4-7-6(12)2-3-9-13-5-10(18(7)9)23(19,20)21/h2-3,5,8H,4H2,1H3,(H2,19,20,21)(H,14,15,16,17). The average molecular weight is 359 g/mol. The second-order valence-electron chi connectivity index (χ2n) is 4.68. The predicted molar refractivity (Wildman–Crippen MR) is 79.5 cm³/mol. The number of imidazole rings is 1. The van der Waals surface area contributed by atoms with Crippen LogP contribution in [0.25, 0.3) is 5.65 Å². The SMILES string of the molecule is COC(Cc1c(Cl)ccc2ncc(P(=O)(O)O)n12)c1nn[nH]n1. The molecule has 0 aliphatic rings. The van der Waals surface area contributed by atoms with Gasteiger partial charge < -0.3 is 14.5 Å². The molecular weight excluding hydrogens is 347 g/mol. The second-order valence-corrected chi connectivity index (χ2v) is 6.63. The summed E-state index contributed by atoms with van der Waals surface area (Å²) in [6, 6.07) is 3.17. The number of rotatable bonds is 5. The van der Waals surface area contributed by atoms with Crippen molar-refractivity contribution in [2.75, 3.05) is 7.11 Å². The van der Waals surface area contributed by atoms with E-state index in [1.807, 2.05) is 0 Å². The summed E-state index contributed by atoms with van der Waals surface area (Å²) >= 11 is 6.22. The van der Waals surface area contributed by atoms with Crippen LogP contribution in [0.5, 0.6) is 0 Å². The molecule has 3 rings (SSSR count). The molecule has 1 unspecified atom stereocenters. The van der Waals surface area contributed by atoms with Gasteiger partial charge in [-0.25, -0.2) is 4.98 Å². The van der Waals surface area contributed by atoms with Crippen LogP contribution in [0.3, 0.4) is 0 Å². The number of methoxy groups -OCH3 is 1. The van der Waals surface area contributed by atoms with Gasteiger partial charge in [0.2, 0.25) is 5.82 Å². The highest BCUT2D eigenvalue weighted by atomic mass is 35.5. The zero-order chi connectivity index (χ0) is 16.6. The van der Waals surface area contributed by atoms with Crippen LogP contribution in [0.1, 0.15) is 17.6 Å². The minimum atomic E-state index is -4.52. The van der Waals surface area contributed by atoms with Gasteiger partial charge in [0.25, 0.3) is 0 Å². The molecule has 0 fully saturated rings. The van der Waals surface area contributed by atoms with Crippen LogP contribution in [0.15, 0.2) is 18.3 Å². The Hall–Kier alpha value is -1.84. The molecule has 3 N–H and O–H groups in total. The number of hydrogen-bond acceptors (Lipinski definition) is 6. The Kier molecular flexibility index (Phi) is 4.17. The number of nitrogens with zero attached hydrogens (tertiary/aromatic N) is 5. The number of hydrogen-bond donors (Lipinski definition) is 3.